The van der Waals surface area contributed by atoms with E-state index in [4.69, 9.17) is 20.5 Å². The van der Waals surface area contributed by atoms with Crippen molar-refractivity contribution in [1.29, 1.82) is 5.26 Å². The summed E-state index contributed by atoms with van der Waals surface area (Å²) in [6.45, 7) is 1.91. The van der Waals surface area contributed by atoms with Crippen molar-refractivity contribution in [2.45, 2.75) is 6.92 Å². The highest BCUT2D eigenvalue weighted by Gasteiger charge is 2.17. The Balaban J connectivity index is 2.62. The van der Waals surface area contributed by atoms with Gasteiger partial charge in [0.05, 0.1) is 19.9 Å². The summed E-state index contributed by atoms with van der Waals surface area (Å²) in [4.78, 5) is 1.49. The normalized spacial score (nSPS) is 10.0. The smallest absolute Gasteiger partial charge is 0.131 e. The first kappa shape index (κ1) is 13.2. The van der Waals surface area contributed by atoms with E-state index in [0.29, 0.717) is 16.3 Å². The van der Waals surface area contributed by atoms with Gasteiger partial charge in [0.1, 0.15) is 22.4 Å². The number of benzene rings is 1. The lowest BCUT2D eigenvalue weighted by Gasteiger charge is -2.09. The van der Waals surface area contributed by atoms with E-state index in [9.17, 15) is 0 Å². The minimum atomic E-state index is 0.533. The van der Waals surface area contributed by atoms with Crippen LogP contribution in [0.25, 0.3) is 10.4 Å². The van der Waals surface area contributed by atoms with Crippen molar-refractivity contribution >= 4 is 17.0 Å². The third-order valence-electron chi connectivity index (χ3n) is 2.95. The quantitative estimate of drug-likeness (QED) is 0.933. The van der Waals surface area contributed by atoms with Crippen molar-refractivity contribution in [3.05, 3.63) is 28.6 Å². The number of nitrogen functional groups attached to an aromatic ring is 1. The van der Waals surface area contributed by atoms with Crippen LogP contribution in [-0.4, -0.2) is 14.2 Å². The van der Waals surface area contributed by atoms with Gasteiger partial charge in [0, 0.05) is 16.5 Å². The molecule has 2 aromatic rings. The maximum absolute atomic E-state index is 9.04. The Bertz CT molecular complexity index is 656. The van der Waals surface area contributed by atoms with Gasteiger partial charge >= 0.3 is 0 Å². The van der Waals surface area contributed by atoms with Crippen molar-refractivity contribution < 1.29 is 9.47 Å². The second kappa shape index (κ2) is 5.21. The fraction of sp³-hybridized carbons (Fsp3) is 0.214. The van der Waals surface area contributed by atoms with Gasteiger partial charge < -0.3 is 15.2 Å². The monoisotopic (exact) mass is 274 g/mol. The highest BCUT2D eigenvalue weighted by molar-refractivity contribution is 7.16. The summed E-state index contributed by atoms with van der Waals surface area (Å²) in [5, 5.41) is 9.04. The van der Waals surface area contributed by atoms with Crippen LogP contribution in [0.5, 0.6) is 11.5 Å². The van der Waals surface area contributed by atoms with Crippen molar-refractivity contribution in [3.63, 3.8) is 0 Å². The van der Waals surface area contributed by atoms with Gasteiger partial charge in [-0.05, 0) is 24.6 Å². The Morgan fingerprint density at radius 1 is 1.26 bits per heavy atom. The number of nitrogens with zero attached hydrogens (tertiary/aromatic N) is 1. The van der Waals surface area contributed by atoms with E-state index in [1.807, 2.05) is 25.1 Å². The number of rotatable bonds is 3. The number of ether oxygens (including phenoxy) is 2. The molecule has 0 aliphatic heterocycles. The van der Waals surface area contributed by atoms with Crippen LogP contribution >= 0.6 is 11.3 Å². The summed E-state index contributed by atoms with van der Waals surface area (Å²) < 4.78 is 10.6. The van der Waals surface area contributed by atoms with Gasteiger partial charge in [0.15, 0.2) is 0 Å². The van der Waals surface area contributed by atoms with Crippen LogP contribution in [0.1, 0.15) is 10.4 Å². The fourth-order valence-corrected chi connectivity index (χ4v) is 2.91. The molecule has 0 fully saturated rings. The molecule has 0 saturated heterocycles. The number of nitrogens with two attached hydrogens (primary N) is 1. The van der Waals surface area contributed by atoms with Crippen LogP contribution in [0.2, 0.25) is 0 Å². The third kappa shape index (κ3) is 2.23. The van der Waals surface area contributed by atoms with E-state index in [2.05, 4.69) is 6.07 Å². The van der Waals surface area contributed by atoms with E-state index in [1.54, 1.807) is 14.2 Å². The van der Waals surface area contributed by atoms with E-state index >= 15 is 0 Å². The summed E-state index contributed by atoms with van der Waals surface area (Å²) in [6, 6.07) is 7.70. The van der Waals surface area contributed by atoms with Gasteiger partial charge in [0.25, 0.3) is 0 Å². The van der Waals surface area contributed by atoms with Gasteiger partial charge in [-0.25, -0.2) is 0 Å². The molecular formula is C14H14N2O2S. The minimum Gasteiger partial charge on any atom is -0.497 e. The van der Waals surface area contributed by atoms with Gasteiger partial charge in [-0.2, -0.15) is 5.26 Å². The zero-order valence-electron chi connectivity index (χ0n) is 11.0. The molecule has 2 N–H and O–H groups in total. The Hall–Kier alpha value is -2.19. The van der Waals surface area contributed by atoms with Crippen LogP contribution in [-0.2, 0) is 0 Å². The molecule has 98 valence electrons. The molecule has 0 amide bonds. The van der Waals surface area contributed by atoms with Crippen LogP contribution in [0.15, 0.2) is 18.2 Å². The highest BCUT2D eigenvalue weighted by atomic mass is 32.1. The maximum atomic E-state index is 9.04. The molecule has 1 aromatic heterocycles. The lowest BCUT2D eigenvalue weighted by molar-refractivity contribution is 0.395. The van der Waals surface area contributed by atoms with Gasteiger partial charge in [-0.15, -0.1) is 11.3 Å². The molecular weight excluding hydrogens is 260 g/mol. The lowest BCUT2D eigenvalue weighted by Crippen LogP contribution is -1.91. The summed E-state index contributed by atoms with van der Waals surface area (Å²) in [7, 11) is 3.21. The predicted molar refractivity (Wildman–Crippen MR) is 76.7 cm³/mol. The Labute approximate surface area is 116 Å². The molecule has 4 nitrogen and oxygen atoms in total. The molecule has 1 aromatic carbocycles. The molecule has 0 spiro atoms. The molecule has 0 aliphatic carbocycles. The second-order valence-electron chi connectivity index (χ2n) is 3.98. The molecule has 0 unspecified atom stereocenters. The molecule has 0 saturated carbocycles. The van der Waals surface area contributed by atoms with Crippen molar-refractivity contribution in [1.82, 2.24) is 0 Å². The molecule has 1 heterocycles. The largest absolute Gasteiger partial charge is 0.497 e. The zero-order chi connectivity index (χ0) is 14.0. The number of methoxy groups -OCH3 is 2. The number of anilines is 1. The average Bonchev–Trinajstić information content (AvgIpc) is 2.74. The maximum Gasteiger partial charge on any atom is 0.131 e. The molecule has 0 atom stereocenters. The summed E-state index contributed by atoms with van der Waals surface area (Å²) in [5.74, 6) is 1.43. The number of hydrogen-bond donors (Lipinski definition) is 1. The Kier molecular flexibility index (Phi) is 3.63. The van der Waals surface area contributed by atoms with Gasteiger partial charge in [-0.3, -0.25) is 0 Å². The molecule has 5 heteroatoms. The Morgan fingerprint density at radius 3 is 2.53 bits per heavy atom. The van der Waals surface area contributed by atoms with Crippen molar-refractivity contribution in [2.24, 2.45) is 0 Å². The first-order valence-corrected chi connectivity index (χ1v) is 6.45. The van der Waals surface area contributed by atoms with E-state index < -0.39 is 0 Å². The third-order valence-corrected chi connectivity index (χ3v) is 4.19. The topological polar surface area (TPSA) is 68.3 Å². The lowest BCUT2D eigenvalue weighted by atomic mass is 10.1. The van der Waals surface area contributed by atoms with E-state index in [-0.39, 0.29) is 0 Å². The molecule has 2 rings (SSSR count). The second-order valence-corrected chi connectivity index (χ2v) is 5.00. The number of nitriles is 1. The SMILES string of the molecule is COc1ccc(-c2sc(C#N)c(N)c2C)c(OC)c1. The molecule has 19 heavy (non-hydrogen) atoms. The van der Waals surface area contributed by atoms with Gasteiger partial charge in [-0.1, -0.05) is 0 Å². The van der Waals surface area contributed by atoms with E-state index in [0.717, 1.165) is 21.8 Å². The zero-order valence-corrected chi connectivity index (χ0v) is 11.8. The van der Waals surface area contributed by atoms with E-state index in [1.165, 1.54) is 11.3 Å². The first-order chi connectivity index (χ1) is 9.12. The molecule has 0 radical (unpaired) electrons. The summed E-state index contributed by atoms with van der Waals surface area (Å²) >= 11 is 1.38. The van der Waals surface area contributed by atoms with Crippen LogP contribution in [0.3, 0.4) is 0 Å². The van der Waals surface area contributed by atoms with Crippen LogP contribution in [0, 0.1) is 18.3 Å². The predicted octanol–water partition coefficient (Wildman–Crippen LogP) is 3.19. The fourth-order valence-electron chi connectivity index (χ4n) is 1.85. The van der Waals surface area contributed by atoms with Crippen LogP contribution < -0.4 is 15.2 Å². The minimum absolute atomic E-state index is 0.533. The number of hydrogen-bond acceptors (Lipinski definition) is 5. The average molecular weight is 274 g/mol. The molecule has 0 bridgehead atoms. The Morgan fingerprint density at radius 2 is 2.00 bits per heavy atom. The summed E-state index contributed by atoms with van der Waals surface area (Å²) in [5.41, 5.74) is 8.29. The summed E-state index contributed by atoms with van der Waals surface area (Å²) in [6.07, 6.45) is 0. The highest BCUT2D eigenvalue weighted by Crippen LogP contribution is 2.42. The number of thiophene rings is 1. The van der Waals surface area contributed by atoms with Crippen molar-refractivity contribution in [2.75, 3.05) is 20.0 Å². The van der Waals surface area contributed by atoms with Gasteiger partial charge in [0.2, 0.25) is 0 Å². The van der Waals surface area contributed by atoms with Crippen molar-refractivity contribution in [3.8, 4) is 28.0 Å². The standard InChI is InChI=1S/C14H14N2O2S/c1-8-13(16)12(7-15)19-14(8)10-5-4-9(17-2)6-11(10)18-3/h4-6H,16H2,1-3H3. The first-order valence-electron chi connectivity index (χ1n) is 5.63. The molecule has 0 aliphatic rings. The van der Waals surface area contributed by atoms with Crippen LogP contribution in [0.4, 0.5) is 5.69 Å².